The van der Waals surface area contributed by atoms with Gasteiger partial charge in [0.05, 0.1) is 18.1 Å². The summed E-state index contributed by atoms with van der Waals surface area (Å²) in [6.45, 7) is 5.94. The molecule has 0 N–H and O–H groups in total. The van der Waals surface area contributed by atoms with E-state index < -0.39 is 0 Å². The molecule has 6 nitrogen and oxygen atoms in total. The molecule has 152 valence electrons. The highest BCUT2D eigenvalue weighted by Crippen LogP contribution is 2.28. The normalized spacial score (nSPS) is 10.3. The summed E-state index contributed by atoms with van der Waals surface area (Å²) in [5, 5.41) is 8.29. The summed E-state index contributed by atoms with van der Waals surface area (Å²) in [4.78, 5) is 11.0. The fraction of sp³-hybridized carbons (Fsp3) is 0.120. The summed E-state index contributed by atoms with van der Waals surface area (Å²) in [5.41, 5.74) is 5.67. The molecular weight excluding hydrogens is 386 g/mol. The molecular formula is C25H21N5O. The minimum Gasteiger partial charge on any atom is -0.415 e. The highest BCUT2D eigenvalue weighted by molar-refractivity contribution is 5.74. The lowest BCUT2D eigenvalue weighted by Crippen LogP contribution is -2.08. The molecule has 0 aliphatic carbocycles. The molecule has 0 aliphatic rings. The predicted molar refractivity (Wildman–Crippen MR) is 121 cm³/mol. The van der Waals surface area contributed by atoms with Gasteiger partial charge in [-0.15, -0.1) is 16.1 Å². The Morgan fingerprint density at radius 1 is 0.968 bits per heavy atom. The Morgan fingerprint density at radius 3 is 2.45 bits per heavy atom. The Bertz CT molecular complexity index is 1300. The van der Waals surface area contributed by atoms with E-state index in [1.165, 1.54) is 0 Å². The van der Waals surface area contributed by atoms with Crippen LogP contribution in [0.2, 0.25) is 0 Å². The monoisotopic (exact) mass is 407 g/mol. The number of rotatable bonds is 5. The molecule has 0 fully saturated rings. The van der Waals surface area contributed by atoms with Gasteiger partial charge in [0.2, 0.25) is 5.89 Å². The van der Waals surface area contributed by atoms with Crippen LogP contribution in [0.25, 0.3) is 40.0 Å². The Morgan fingerprint density at radius 2 is 1.71 bits per heavy atom. The first-order valence-electron chi connectivity index (χ1n) is 9.72. The van der Waals surface area contributed by atoms with Crippen LogP contribution in [-0.4, -0.2) is 39.2 Å². The Balaban J connectivity index is 1.72. The first-order chi connectivity index (χ1) is 15.1. The second-order valence-electron chi connectivity index (χ2n) is 7.04. The van der Waals surface area contributed by atoms with Gasteiger partial charge < -0.3 is 9.32 Å². The van der Waals surface area contributed by atoms with Crippen molar-refractivity contribution < 1.29 is 4.42 Å². The van der Waals surface area contributed by atoms with E-state index in [1.54, 1.807) is 12.4 Å². The summed E-state index contributed by atoms with van der Waals surface area (Å²) in [6, 6.07) is 15.6. The fourth-order valence-electron chi connectivity index (χ4n) is 3.07. The lowest BCUT2D eigenvalue weighted by atomic mass is 10.00. The van der Waals surface area contributed by atoms with E-state index in [9.17, 15) is 0 Å². The molecule has 0 radical (unpaired) electrons. The zero-order valence-electron chi connectivity index (χ0n) is 17.6. The van der Waals surface area contributed by atoms with Gasteiger partial charge in [0, 0.05) is 36.5 Å². The SMILES string of the molecule is C=C(c1ccc(-c2cncc(-c3nnc(-c4ccccc4)o3)n2)c(C#CC)c1)N(C)C. The van der Waals surface area contributed by atoms with E-state index in [1.807, 2.05) is 74.4 Å². The lowest BCUT2D eigenvalue weighted by molar-refractivity contribution is 0.582. The van der Waals surface area contributed by atoms with Crippen molar-refractivity contribution in [1.29, 1.82) is 0 Å². The van der Waals surface area contributed by atoms with Gasteiger partial charge in [-0.25, -0.2) is 4.98 Å². The molecule has 0 saturated carbocycles. The van der Waals surface area contributed by atoms with Crippen LogP contribution in [0.4, 0.5) is 0 Å². The summed E-state index contributed by atoms with van der Waals surface area (Å²) < 4.78 is 5.83. The van der Waals surface area contributed by atoms with E-state index in [2.05, 4.69) is 33.6 Å². The molecule has 2 heterocycles. The zero-order valence-corrected chi connectivity index (χ0v) is 17.6. The van der Waals surface area contributed by atoms with Gasteiger partial charge in [-0.3, -0.25) is 4.98 Å². The largest absolute Gasteiger partial charge is 0.415 e. The Hall–Kier alpha value is -4.24. The van der Waals surface area contributed by atoms with Crippen LogP contribution in [0, 0.1) is 11.8 Å². The molecule has 6 heteroatoms. The van der Waals surface area contributed by atoms with Crippen molar-refractivity contribution in [3.05, 3.63) is 78.6 Å². The molecule has 2 aromatic carbocycles. The van der Waals surface area contributed by atoms with E-state index in [4.69, 9.17) is 9.40 Å². The van der Waals surface area contributed by atoms with Gasteiger partial charge in [-0.2, -0.15) is 0 Å². The van der Waals surface area contributed by atoms with Gasteiger partial charge in [0.1, 0.15) is 5.69 Å². The second-order valence-corrected chi connectivity index (χ2v) is 7.04. The van der Waals surface area contributed by atoms with Crippen LogP contribution in [0.15, 0.2) is 71.9 Å². The number of aromatic nitrogens is 4. The van der Waals surface area contributed by atoms with Crippen LogP contribution in [-0.2, 0) is 0 Å². The molecule has 0 bridgehead atoms. The predicted octanol–water partition coefficient (Wildman–Crippen LogP) is 4.76. The van der Waals surface area contributed by atoms with Crippen molar-refractivity contribution in [2.24, 2.45) is 0 Å². The number of nitrogens with zero attached hydrogens (tertiary/aromatic N) is 5. The molecule has 31 heavy (non-hydrogen) atoms. The molecule has 0 aliphatic heterocycles. The van der Waals surface area contributed by atoms with Crippen LogP contribution in [0.3, 0.4) is 0 Å². The quantitative estimate of drug-likeness (QED) is 0.444. The third-order valence-electron chi connectivity index (χ3n) is 4.73. The maximum Gasteiger partial charge on any atom is 0.268 e. The van der Waals surface area contributed by atoms with Gasteiger partial charge >= 0.3 is 0 Å². The van der Waals surface area contributed by atoms with Crippen molar-refractivity contribution in [3.63, 3.8) is 0 Å². The first kappa shape index (κ1) is 20.0. The van der Waals surface area contributed by atoms with E-state index in [0.29, 0.717) is 23.2 Å². The topological polar surface area (TPSA) is 67.9 Å². The summed E-state index contributed by atoms with van der Waals surface area (Å²) in [5.74, 6) is 6.89. The smallest absolute Gasteiger partial charge is 0.268 e. The first-order valence-corrected chi connectivity index (χ1v) is 9.72. The summed E-state index contributed by atoms with van der Waals surface area (Å²) in [7, 11) is 3.93. The van der Waals surface area contributed by atoms with Crippen LogP contribution in [0.5, 0.6) is 0 Å². The minimum absolute atomic E-state index is 0.314. The van der Waals surface area contributed by atoms with Gasteiger partial charge in [-0.05, 0) is 30.7 Å². The second kappa shape index (κ2) is 8.64. The molecule has 0 unspecified atom stereocenters. The minimum atomic E-state index is 0.314. The zero-order chi connectivity index (χ0) is 21.8. The Kier molecular flexibility index (Phi) is 5.59. The van der Waals surface area contributed by atoms with Gasteiger partial charge in [0.25, 0.3) is 5.89 Å². The third kappa shape index (κ3) is 4.21. The lowest BCUT2D eigenvalue weighted by Gasteiger charge is -2.17. The maximum atomic E-state index is 5.83. The van der Waals surface area contributed by atoms with Crippen LogP contribution >= 0.6 is 0 Å². The maximum absolute atomic E-state index is 5.83. The summed E-state index contributed by atoms with van der Waals surface area (Å²) >= 11 is 0. The van der Waals surface area contributed by atoms with Crippen LogP contribution < -0.4 is 0 Å². The highest BCUT2D eigenvalue weighted by Gasteiger charge is 2.15. The van der Waals surface area contributed by atoms with Crippen molar-refractivity contribution in [2.75, 3.05) is 14.1 Å². The standard InChI is InChI=1S/C25H21N5O/c1-5-9-20-14-19(17(2)30(3)4)12-13-21(20)22-15-26-16-23(27-22)25-29-28-24(31-25)18-10-7-6-8-11-18/h6-8,10-16H,2H2,1,3-4H3. The van der Waals surface area contributed by atoms with Gasteiger partial charge in [0.15, 0.2) is 0 Å². The van der Waals surface area contributed by atoms with Crippen molar-refractivity contribution in [3.8, 4) is 46.1 Å². The van der Waals surface area contributed by atoms with Crippen molar-refractivity contribution in [2.45, 2.75) is 6.92 Å². The third-order valence-corrected chi connectivity index (χ3v) is 4.73. The van der Waals surface area contributed by atoms with Crippen LogP contribution in [0.1, 0.15) is 18.1 Å². The van der Waals surface area contributed by atoms with Crippen molar-refractivity contribution in [1.82, 2.24) is 25.1 Å². The average Bonchev–Trinajstić information content (AvgIpc) is 3.30. The van der Waals surface area contributed by atoms with E-state index in [-0.39, 0.29) is 0 Å². The molecule has 2 aromatic heterocycles. The van der Waals surface area contributed by atoms with Gasteiger partial charge in [-0.1, -0.05) is 42.8 Å². The average molecular weight is 407 g/mol. The van der Waals surface area contributed by atoms with Crippen molar-refractivity contribution >= 4 is 5.70 Å². The number of benzene rings is 2. The molecule has 0 amide bonds. The number of hydrogen-bond donors (Lipinski definition) is 0. The van der Waals surface area contributed by atoms with E-state index in [0.717, 1.165) is 28.0 Å². The number of hydrogen-bond acceptors (Lipinski definition) is 6. The Labute approximate surface area is 181 Å². The molecule has 0 atom stereocenters. The van der Waals surface area contributed by atoms with E-state index >= 15 is 0 Å². The summed E-state index contributed by atoms with van der Waals surface area (Å²) in [6.07, 6.45) is 3.31. The molecule has 4 rings (SSSR count). The molecule has 0 saturated heterocycles. The highest BCUT2D eigenvalue weighted by atomic mass is 16.4. The molecule has 0 spiro atoms. The molecule has 4 aromatic rings. The fourth-order valence-corrected chi connectivity index (χ4v) is 3.07.